The number of pyridine rings is 1. The Balaban J connectivity index is 1.79. The summed E-state index contributed by atoms with van der Waals surface area (Å²) in [6, 6.07) is 7.58. The zero-order valence-corrected chi connectivity index (χ0v) is 15.8. The maximum Gasteiger partial charge on any atom is 0.256 e. The average molecular weight is 369 g/mol. The highest BCUT2D eigenvalue weighted by Gasteiger charge is 2.28. The first-order valence-electron chi connectivity index (χ1n) is 8.89. The number of nitrogens with one attached hydrogen (secondary N) is 1. The van der Waals surface area contributed by atoms with Crippen molar-refractivity contribution in [3.05, 3.63) is 52.3 Å². The first-order chi connectivity index (χ1) is 12.4. The summed E-state index contributed by atoms with van der Waals surface area (Å²) in [7, 11) is 0. The van der Waals surface area contributed by atoms with Gasteiger partial charge in [0.2, 0.25) is 0 Å². The smallest absolute Gasteiger partial charge is 0.256 e. The monoisotopic (exact) mass is 368 g/mol. The lowest BCUT2D eigenvalue weighted by Gasteiger charge is -2.12. The molecule has 0 unspecified atom stereocenters. The van der Waals surface area contributed by atoms with E-state index in [1.54, 1.807) is 12.3 Å². The number of nitrogens with zero attached hydrogens (tertiary/aromatic N) is 3. The minimum atomic E-state index is -0.159. The highest BCUT2D eigenvalue weighted by Crippen LogP contribution is 2.40. The van der Waals surface area contributed by atoms with Crippen LogP contribution in [0.2, 0.25) is 5.02 Å². The van der Waals surface area contributed by atoms with Crippen LogP contribution in [0.3, 0.4) is 0 Å². The number of hydrogen-bond donors (Lipinski definition) is 1. The molecule has 1 aliphatic rings. The summed E-state index contributed by atoms with van der Waals surface area (Å²) in [5.41, 5.74) is 4.05. The van der Waals surface area contributed by atoms with Crippen LogP contribution < -0.4 is 5.32 Å². The predicted molar refractivity (Wildman–Crippen MR) is 104 cm³/mol. The van der Waals surface area contributed by atoms with Crippen molar-refractivity contribution in [2.24, 2.45) is 0 Å². The van der Waals surface area contributed by atoms with Crippen molar-refractivity contribution >= 4 is 34.2 Å². The number of benzene rings is 1. The standard InChI is InChI=1S/C20H21ClN4O/c1-11(2)25-19-16(10-22-25)15(9-18(23-19)13-5-6-13)20(26)24-17-8-14(21)7-4-12(17)3/h4,7-11,13H,5-6H2,1-3H3,(H,24,26). The number of carbonyl (C=O) groups is 1. The Bertz CT molecular complexity index is 1000. The summed E-state index contributed by atoms with van der Waals surface area (Å²) in [5, 5.41) is 8.82. The molecule has 6 heteroatoms. The molecule has 0 aliphatic heterocycles. The van der Waals surface area contributed by atoms with Crippen LogP contribution in [0.15, 0.2) is 30.5 Å². The minimum absolute atomic E-state index is 0.159. The van der Waals surface area contributed by atoms with E-state index in [2.05, 4.69) is 24.3 Å². The van der Waals surface area contributed by atoms with Crippen LogP contribution in [0.4, 0.5) is 5.69 Å². The highest BCUT2D eigenvalue weighted by atomic mass is 35.5. The molecule has 26 heavy (non-hydrogen) atoms. The van der Waals surface area contributed by atoms with E-state index in [9.17, 15) is 4.79 Å². The molecule has 1 amide bonds. The van der Waals surface area contributed by atoms with Crippen molar-refractivity contribution in [2.75, 3.05) is 5.32 Å². The number of anilines is 1. The van der Waals surface area contributed by atoms with Gasteiger partial charge in [0.05, 0.1) is 17.1 Å². The van der Waals surface area contributed by atoms with Crippen LogP contribution in [0.25, 0.3) is 11.0 Å². The first-order valence-corrected chi connectivity index (χ1v) is 9.27. The topological polar surface area (TPSA) is 59.8 Å². The predicted octanol–water partition coefficient (Wildman–Crippen LogP) is 5.10. The lowest BCUT2D eigenvalue weighted by Crippen LogP contribution is -2.14. The van der Waals surface area contributed by atoms with Gasteiger partial charge in [-0.25, -0.2) is 9.67 Å². The Labute approximate surface area is 157 Å². The van der Waals surface area contributed by atoms with E-state index in [-0.39, 0.29) is 11.9 Å². The van der Waals surface area contributed by atoms with E-state index in [0.29, 0.717) is 16.5 Å². The Kier molecular flexibility index (Phi) is 4.19. The quantitative estimate of drug-likeness (QED) is 0.696. The van der Waals surface area contributed by atoms with Crippen molar-refractivity contribution in [3.63, 3.8) is 0 Å². The molecule has 2 aromatic heterocycles. The van der Waals surface area contributed by atoms with Crippen molar-refractivity contribution in [1.29, 1.82) is 0 Å². The summed E-state index contributed by atoms with van der Waals surface area (Å²) >= 11 is 6.08. The van der Waals surface area contributed by atoms with Crippen LogP contribution in [0.5, 0.6) is 0 Å². The Morgan fingerprint density at radius 3 is 2.77 bits per heavy atom. The number of halogens is 1. The molecule has 0 spiro atoms. The van der Waals surface area contributed by atoms with Crippen LogP contribution in [0.1, 0.15) is 60.3 Å². The van der Waals surface area contributed by atoms with Crippen LogP contribution in [-0.2, 0) is 0 Å². The van der Waals surface area contributed by atoms with Crippen LogP contribution in [-0.4, -0.2) is 20.7 Å². The number of amides is 1. The lowest BCUT2D eigenvalue weighted by molar-refractivity contribution is 0.102. The van der Waals surface area contributed by atoms with E-state index in [0.717, 1.165) is 40.8 Å². The van der Waals surface area contributed by atoms with Gasteiger partial charge in [-0.2, -0.15) is 5.10 Å². The Hall–Kier alpha value is -2.40. The summed E-state index contributed by atoms with van der Waals surface area (Å²) in [5.74, 6) is 0.294. The fourth-order valence-electron chi connectivity index (χ4n) is 3.11. The molecule has 1 aromatic carbocycles. The number of aromatic nitrogens is 3. The lowest BCUT2D eigenvalue weighted by atomic mass is 10.1. The van der Waals surface area contributed by atoms with Crippen molar-refractivity contribution < 1.29 is 4.79 Å². The van der Waals surface area contributed by atoms with Gasteiger partial charge >= 0.3 is 0 Å². The van der Waals surface area contributed by atoms with Crippen molar-refractivity contribution in [3.8, 4) is 0 Å². The summed E-state index contributed by atoms with van der Waals surface area (Å²) in [6.45, 7) is 6.07. The molecule has 0 saturated heterocycles. The molecule has 1 saturated carbocycles. The van der Waals surface area contributed by atoms with Gasteiger partial charge < -0.3 is 5.32 Å². The van der Waals surface area contributed by atoms with E-state index in [4.69, 9.17) is 16.6 Å². The molecule has 1 N–H and O–H groups in total. The first kappa shape index (κ1) is 17.0. The number of aryl methyl sites for hydroxylation is 1. The second kappa shape index (κ2) is 6.40. The van der Waals surface area contributed by atoms with E-state index >= 15 is 0 Å². The molecule has 0 bridgehead atoms. The molecular formula is C20H21ClN4O. The molecule has 0 atom stereocenters. The molecule has 2 heterocycles. The molecule has 1 aliphatic carbocycles. The van der Waals surface area contributed by atoms with Gasteiger partial charge in [-0.3, -0.25) is 4.79 Å². The molecule has 0 radical (unpaired) electrons. The second-order valence-electron chi connectivity index (χ2n) is 7.20. The average Bonchev–Trinajstić information content (AvgIpc) is 3.36. The Morgan fingerprint density at radius 1 is 1.31 bits per heavy atom. The molecule has 1 fully saturated rings. The molecular weight excluding hydrogens is 348 g/mol. The third-order valence-electron chi connectivity index (χ3n) is 4.76. The molecule has 134 valence electrons. The van der Waals surface area contributed by atoms with Crippen LogP contribution in [0, 0.1) is 6.92 Å². The maximum absolute atomic E-state index is 13.0. The number of carbonyl (C=O) groups excluding carboxylic acids is 1. The molecule has 5 nitrogen and oxygen atoms in total. The molecule has 3 aromatic rings. The maximum atomic E-state index is 13.0. The molecule has 4 rings (SSSR count). The van der Waals surface area contributed by atoms with Crippen molar-refractivity contribution in [1.82, 2.24) is 14.8 Å². The highest BCUT2D eigenvalue weighted by molar-refractivity contribution is 6.31. The van der Waals surface area contributed by atoms with Gasteiger partial charge in [0.25, 0.3) is 5.91 Å². The van der Waals surface area contributed by atoms with E-state index in [1.807, 2.05) is 29.8 Å². The van der Waals surface area contributed by atoms with Gasteiger partial charge in [-0.15, -0.1) is 0 Å². The second-order valence-corrected chi connectivity index (χ2v) is 7.64. The summed E-state index contributed by atoms with van der Waals surface area (Å²) in [6.07, 6.45) is 3.99. The largest absolute Gasteiger partial charge is 0.322 e. The number of hydrogen-bond acceptors (Lipinski definition) is 3. The summed E-state index contributed by atoms with van der Waals surface area (Å²) < 4.78 is 1.88. The summed E-state index contributed by atoms with van der Waals surface area (Å²) in [4.78, 5) is 17.8. The van der Waals surface area contributed by atoms with Gasteiger partial charge in [-0.1, -0.05) is 17.7 Å². The third kappa shape index (κ3) is 3.07. The fraction of sp³-hybridized carbons (Fsp3) is 0.350. The Morgan fingerprint density at radius 2 is 2.08 bits per heavy atom. The third-order valence-corrected chi connectivity index (χ3v) is 5.00. The van der Waals surface area contributed by atoms with Gasteiger partial charge in [0.15, 0.2) is 5.65 Å². The zero-order valence-electron chi connectivity index (χ0n) is 15.1. The van der Waals surface area contributed by atoms with E-state index in [1.165, 1.54) is 0 Å². The SMILES string of the molecule is Cc1ccc(Cl)cc1NC(=O)c1cc(C2CC2)nc2c1cnn2C(C)C. The van der Waals surface area contributed by atoms with E-state index < -0.39 is 0 Å². The normalized spacial score (nSPS) is 14.2. The number of rotatable bonds is 4. The number of fused-ring (bicyclic) bond motifs is 1. The van der Waals surface area contributed by atoms with Gasteiger partial charge in [0, 0.05) is 28.4 Å². The fourth-order valence-corrected chi connectivity index (χ4v) is 3.28. The zero-order chi connectivity index (χ0) is 18.4. The van der Waals surface area contributed by atoms with Gasteiger partial charge in [-0.05, 0) is 57.4 Å². The van der Waals surface area contributed by atoms with Gasteiger partial charge in [0.1, 0.15) is 0 Å². The van der Waals surface area contributed by atoms with Crippen LogP contribution >= 0.6 is 11.6 Å². The van der Waals surface area contributed by atoms with Crippen molar-refractivity contribution in [2.45, 2.75) is 45.6 Å². The minimum Gasteiger partial charge on any atom is -0.322 e.